The zero-order valence-corrected chi connectivity index (χ0v) is 40.1. The van der Waals surface area contributed by atoms with Gasteiger partial charge in [-0.3, -0.25) is 19.6 Å². The highest BCUT2D eigenvalue weighted by Crippen LogP contribution is 2.37. The fraction of sp³-hybridized carbons (Fsp3) is 0.500. The van der Waals surface area contributed by atoms with Crippen LogP contribution < -0.4 is 22.7 Å². The molecule has 0 saturated carbocycles. The predicted molar refractivity (Wildman–Crippen MR) is 271 cm³/mol. The lowest BCUT2D eigenvalue weighted by molar-refractivity contribution is -0.128. The van der Waals surface area contributed by atoms with Crippen LogP contribution in [0.3, 0.4) is 0 Å². The van der Waals surface area contributed by atoms with E-state index in [1.54, 1.807) is 29.7 Å². The van der Waals surface area contributed by atoms with Gasteiger partial charge >= 0.3 is 0 Å². The number of aromatic hydroxyl groups is 1. The summed E-state index contributed by atoms with van der Waals surface area (Å²) in [4.78, 5) is 43.8. The maximum atomic E-state index is 14.2. The van der Waals surface area contributed by atoms with Crippen LogP contribution in [0.2, 0.25) is 0 Å². The van der Waals surface area contributed by atoms with E-state index in [1.807, 2.05) is 48.5 Å². The molecule has 2 heterocycles. The lowest BCUT2D eigenvalue weighted by Crippen LogP contribution is -2.33. The number of unbranched alkanes of at least 4 members (excludes halogenated alkanes) is 17. The van der Waals surface area contributed by atoms with Crippen LogP contribution in [0.1, 0.15) is 160 Å². The summed E-state index contributed by atoms with van der Waals surface area (Å²) in [6.07, 6.45) is 23.1. The number of phenols is 1. The van der Waals surface area contributed by atoms with Gasteiger partial charge in [0.1, 0.15) is 5.75 Å². The van der Waals surface area contributed by atoms with E-state index < -0.39 is 5.91 Å². The molecule has 9 N–H and O–H groups in total. The van der Waals surface area contributed by atoms with Gasteiger partial charge in [-0.1, -0.05) is 126 Å². The third-order valence-corrected chi connectivity index (χ3v) is 13.8. The summed E-state index contributed by atoms with van der Waals surface area (Å²) in [6.45, 7) is 4.39. The van der Waals surface area contributed by atoms with Crippen LogP contribution in [0.5, 0.6) is 5.75 Å². The molecular weight excluding hydrogens is 845 g/mol. The number of rotatable bonds is 33. The quantitative estimate of drug-likeness (QED) is 0.0104. The number of aryl methyl sites for hydroxylation is 1. The minimum absolute atomic E-state index is 0.0700. The van der Waals surface area contributed by atoms with Crippen molar-refractivity contribution in [1.82, 2.24) is 14.9 Å². The normalized spacial score (nSPS) is 11.4. The number of carbonyl (C=O) groups excluding carboxylic acids is 3. The molecular formula is C54H76N6O5S. The molecule has 12 heteroatoms. The Balaban J connectivity index is 1.31. The molecule has 0 aliphatic carbocycles. The summed E-state index contributed by atoms with van der Waals surface area (Å²) in [5.74, 6) is -0.629. The monoisotopic (exact) mass is 921 g/mol. The third-order valence-electron chi connectivity index (χ3n) is 12.6. The highest BCUT2D eigenvalue weighted by Gasteiger charge is 2.22. The molecule has 0 saturated heterocycles. The van der Waals surface area contributed by atoms with Gasteiger partial charge in [-0.25, -0.2) is 5.48 Å². The number of amides is 2. The second kappa shape index (κ2) is 29.0. The Morgan fingerprint density at radius 3 is 1.70 bits per heavy atom. The molecule has 11 nitrogen and oxygen atoms in total. The molecule has 0 spiro atoms. The number of nitrogens with two attached hydrogens (primary N) is 3. The first-order valence-corrected chi connectivity index (χ1v) is 25.6. The highest BCUT2D eigenvalue weighted by atomic mass is 32.1. The number of benzene rings is 3. The van der Waals surface area contributed by atoms with Gasteiger partial charge in [-0.2, -0.15) is 0 Å². The van der Waals surface area contributed by atoms with Crippen LogP contribution in [-0.2, 0) is 17.8 Å². The van der Waals surface area contributed by atoms with E-state index >= 15 is 0 Å². The van der Waals surface area contributed by atoms with Gasteiger partial charge in [0, 0.05) is 52.2 Å². The number of nitrogens with one attached hydrogen (secondary N) is 1. The molecule has 0 atom stereocenters. The van der Waals surface area contributed by atoms with Gasteiger partial charge < -0.3 is 31.8 Å². The van der Waals surface area contributed by atoms with Crippen LogP contribution in [0.15, 0.2) is 78.9 Å². The van der Waals surface area contributed by atoms with E-state index in [0.29, 0.717) is 45.1 Å². The number of aromatic nitrogens is 1. The summed E-state index contributed by atoms with van der Waals surface area (Å²) >= 11 is 1.25. The standard InChI is InChI=1S/C54H76N6O5S/c55-30-15-11-7-3-1-5-9-13-18-33-59(34-19-14-10-6-2-4-8-12-16-31-56)54(64)42-26-24-41(25-27-42)48-37-43-28-29-44(38-49(43)60(48)35-20-17-32-57)52(63)50-39-46(40-51(62)58-65)53(66-50)45-22-21-23-47(61)36-45/h21-29,36-39,61,65H,1-20,30-35,40,55-57H2,(H,58,62). The van der Waals surface area contributed by atoms with Crippen LogP contribution in [0, 0.1) is 0 Å². The first-order chi connectivity index (χ1) is 32.3. The van der Waals surface area contributed by atoms with E-state index in [2.05, 4.69) is 15.5 Å². The second-order valence-electron chi connectivity index (χ2n) is 17.8. The van der Waals surface area contributed by atoms with Crippen LogP contribution in [0.25, 0.3) is 32.6 Å². The Bertz CT molecular complexity index is 2210. The molecule has 5 rings (SSSR count). The zero-order valence-electron chi connectivity index (χ0n) is 39.3. The molecule has 0 fully saturated rings. The Hall–Kier alpha value is -4.85. The molecule has 0 radical (unpaired) electrons. The fourth-order valence-corrected chi connectivity index (χ4v) is 10.00. The van der Waals surface area contributed by atoms with Crippen molar-refractivity contribution in [2.45, 2.75) is 141 Å². The largest absolute Gasteiger partial charge is 0.508 e. The van der Waals surface area contributed by atoms with Crippen molar-refractivity contribution in [1.29, 1.82) is 0 Å². The lowest BCUT2D eigenvalue weighted by atomic mass is 10.0. The van der Waals surface area contributed by atoms with E-state index in [1.165, 1.54) is 88.4 Å². The number of thiophene rings is 1. The van der Waals surface area contributed by atoms with Crippen molar-refractivity contribution < 1.29 is 24.7 Å². The average Bonchev–Trinajstić information content (AvgIpc) is 3.92. The van der Waals surface area contributed by atoms with Crippen molar-refractivity contribution in [2.24, 2.45) is 17.2 Å². The van der Waals surface area contributed by atoms with Crippen molar-refractivity contribution in [3.8, 4) is 27.4 Å². The van der Waals surface area contributed by atoms with Crippen molar-refractivity contribution in [2.75, 3.05) is 32.7 Å². The Morgan fingerprint density at radius 1 is 0.591 bits per heavy atom. The van der Waals surface area contributed by atoms with Gasteiger partial charge in [0.05, 0.1) is 11.3 Å². The van der Waals surface area contributed by atoms with E-state index in [-0.39, 0.29) is 23.9 Å². The molecule has 2 amide bonds. The minimum atomic E-state index is -0.601. The number of fused-ring (bicyclic) bond motifs is 1. The molecule has 0 unspecified atom stereocenters. The number of nitrogens with zero attached hydrogens (tertiary/aromatic N) is 2. The SMILES string of the molecule is NCCCCCCCCCCCN(CCCCCCCCCCCN)C(=O)c1ccc(-c2cc3ccc(C(=O)c4cc(CC(=O)NO)c(-c5cccc(O)c5)s4)cc3n2CCCCN)cc1. The number of phenolic OH excluding ortho intramolecular Hbond substituents is 1. The predicted octanol–water partition coefficient (Wildman–Crippen LogP) is 11.1. The molecule has 5 aromatic rings. The first kappa shape index (κ1) is 52.1. The second-order valence-corrected chi connectivity index (χ2v) is 18.9. The number of ketones is 1. The Kier molecular flexibility index (Phi) is 22.9. The van der Waals surface area contributed by atoms with Crippen LogP contribution >= 0.6 is 11.3 Å². The fourth-order valence-electron chi connectivity index (χ4n) is 8.86. The summed E-state index contributed by atoms with van der Waals surface area (Å²) in [6, 6.07) is 24.3. The average molecular weight is 921 g/mol. The summed E-state index contributed by atoms with van der Waals surface area (Å²) in [7, 11) is 0. The van der Waals surface area contributed by atoms with E-state index in [4.69, 9.17) is 17.2 Å². The molecule has 66 heavy (non-hydrogen) atoms. The van der Waals surface area contributed by atoms with Crippen LogP contribution in [-0.4, -0.2) is 70.1 Å². The summed E-state index contributed by atoms with van der Waals surface area (Å²) < 4.78 is 2.24. The van der Waals surface area contributed by atoms with Gasteiger partial charge in [0.25, 0.3) is 5.91 Å². The third kappa shape index (κ3) is 16.2. The maximum absolute atomic E-state index is 14.2. The molecule has 0 bridgehead atoms. The Labute approximate surface area is 397 Å². The van der Waals surface area contributed by atoms with Gasteiger partial charge in [0.2, 0.25) is 11.7 Å². The number of carbonyl (C=O) groups is 3. The van der Waals surface area contributed by atoms with Gasteiger partial charge in [0.15, 0.2) is 0 Å². The molecule has 2 aromatic heterocycles. The van der Waals surface area contributed by atoms with Crippen molar-refractivity contribution in [3.63, 3.8) is 0 Å². The van der Waals surface area contributed by atoms with Crippen LogP contribution in [0.4, 0.5) is 0 Å². The topological polar surface area (TPSA) is 190 Å². The minimum Gasteiger partial charge on any atom is -0.508 e. The molecule has 358 valence electrons. The zero-order chi connectivity index (χ0) is 46.9. The molecule has 0 aliphatic rings. The van der Waals surface area contributed by atoms with Crippen molar-refractivity contribution >= 4 is 39.8 Å². The van der Waals surface area contributed by atoms with E-state index in [9.17, 15) is 24.7 Å². The van der Waals surface area contributed by atoms with Gasteiger partial charge in [-0.05, 0) is 117 Å². The number of hydroxylamine groups is 1. The summed E-state index contributed by atoms with van der Waals surface area (Å²) in [5.41, 5.74) is 24.3. The summed E-state index contributed by atoms with van der Waals surface area (Å²) in [5, 5.41) is 20.4. The van der Waals surface area contributed by atoms with E-state index in [0.717, 1.165) is 99.7 Å². The van der Waals surface area contributed by atoms with Crippen molar-refractivity contribution in [3.05, 3.63) is 100 Å². The van der Waals surface area contributed by atoms with Gasteiger partial charge in [-0.15, -0.1) is 11.3 Å². The Morgan fingerprint density at radius 2 is 1.14 bits per heavy atom. The number of hydrogen-bond acceptors (Lipinski definition) is 9. The maximum Gasteiger partial charge on any atom is 0.253 e. The number of hydrogen-bond donors (Lipinski definition) is 6. The lowest BCUT2D eigenvalue weighted by Gasteiger charge is -2.23. The molecule has 3 aromatic carbocycles. The first-order valence-electron chi connectivity index (χ1n) is 24.8. The highest BCUT2D eigenvalue weighted by molar-refractivity contribution is 7.17. The smallest absolute Gasteiger partial charge is 0.253 e. The molecule has 0 aliphatic heterocycles.